The van der Waals surface area contributed by atoms with Crippen LogP contribution in [-0.4, -0.2) is 7.05 Å². The van der Waals surface area contributed by atoms with Gasteiger partial charge in [-0.3, -0.25) is 0 Å². The SMILES string of the molecule is CCC(CC)CC(NC)c1c(Cl)cccc1Cl. The van der Waals surface area contributed by atoms with Crippen molar-refractivity contribution in [3.8, 4) is 0 Å². The molecule has 1 N–H and O–H groups in total. The number of benzene rings is 1. The molecule has 0 bridgehead atoms. The Labute approximate surface area is 115 Å². The molecule has 0 saturated carbocycles. The Kier molecular flexibility index (Phi) is 6.32. The van der Waals surface area contributed by atoms with Crippen LogP contribution in [0.2, 0.25) is 10.0 Å². The van der Waals surface area contributed by atoms with Crippen molar-refractivity contribution in [1.29, 1.82) is 0 Å². The first-order valence-electron chi connectivity index (χ1n) is 6.25. The second kappa shape index (κ2) is 7.25. The molecule has 0 spiro atoms. The Balaban J connectivity index is 2.93. The maximum atomic E-state index is 6.25. The number of halogens is 2. The van der Waals surface area contributed by atoms with Crippen LogP contribution >= 0.6 is 23.2 Å². The molecule has 0 aliphatic heterocycles. The lowest BCUT2D eigenvalue weighted by Gasteiger charge is -2.23. The van der Waals surface area contributed by atoms with E-state index in [1.807, 2.05) is 25.2 Å². The summed E-state index contributed by atoms with van der Waals surface area (Å²) in [5.74, 6) is 0.708. The molecule has 1 atom stereocenters. The van der Waals surface area contributed by atoms with E-state index in [1.54, 1.807) is 0 Å². The van der Waals surface area contributed by atoms with Gasteiger partial charge in [0.15, 0.2) is 0 Å². The lowest BCUT2D eigenvalue weighted by atomic mass is 9.91. The Morgan fingerprint density at radius 3 is 2.06 bits per heavy atom. The van der Waals surface area contributed by atoms with Gasteiger partial charge in [-0.15, -0.1) is 0 Å². The van der Waals surface area contributed by atoms with E-state index in [2.05, 4.69) is 19.2 Å². The van der Waals surface area contributed by atoms with Crippen molar-refractivity contribution in [2.75, 3.05) is 7.05 Å². The topological polar surface area (TPSA) is 12.0 Å². The first-order valence-corrected chi connectivity index (χ1v) is 7.00. The zero-order valence-electron chi connectivity index (χ0n) is 10.8. The Morgan fingerprint density at radius 1 is 1.12 bits per heavy atom. The maximum absolute atomic E-state index is 6.25. The summed E-state index contributed by atoms with van der Waals surface area (Å²) in [5.41, 5.74) is 1.03. The molecule has 17 heavy (non-hydrogen) atoms. The van der Waals surface area contributed by atoms with Crippen LogP contribution in [0, 0.1) is 5.92 Å². The molecule has 1 rings (SSSR count). The quantitative estimate of drug-likeness (QED) is 0.762. The second-order valence-electron chi connectivity index (χ2n) is 4.39. The normalized spacial score (nSPS) is 13.1. The van der Waals surface area contributed by atoms with Crippen LogP contribution in [0.3, 0.4) is 0 Å². The second-order valence-corrected chi connectivity index (χ2v) is 5.21. The monoisotopic (exact) mass is 273 g/mol. The molecule has 1 aromatic rings. The summed E-state index contributed by atoms with van der Waals surface area (Å²) in [6.45, 7) is 4.46. The van der Waals surface area contributed by atoms with E-state index in [0.717, 1.165) is 22.0 Å². The Morgan fingerprint density at radius 2 is 1.65 bits per heavy atom. The molecule has 0 aliphatic rings. The summed E-state index contributed by atoms with van der Waals surface area (Å²) in [7, 11) is 1.96. The smallest absolute Gasteiger partial charge is 0.0468 e. The summed E-state index contributed by atoms with van der Waals surface area (Å²) in [4.78, 5) is 0. The zero-order chi connectivity index (χ0) is 12.8. The highest BCUT2D eigenvalue weighted by atomic mass is 35.5. The van der Waals surface area contributed by atoms with Crippen LogP contribution in [-0.2, 0) is 0 Å². The Hall–Kier alpha value is -0.240. The van der Waals surface area contributed by atoms with E-state index in [-0.39, 0.29) is 6.04 Å². The fourth-order valence-electron chi connectivity index (χ4n) is 2.18. The highest BCUT2D eigenvalue weighted by molar-refractivity contribution is 6.36. The van der Waals surface area contributed by atoms with Crippen molar-refractivity contribution < 1.29 is 0 Å². The molecule has 0 heterocycles. The minimum atomic E-state index is 0.237. The van der Waals surface area contributed by atoms with Gasteiger partial charge in [0.1, 0.15) is 0 Å². The molecule has 1 unspecified atom stereocenters. The van der Waals surface area contributed by atoms with E-state index in [9.17, 15) is 0 Å². The van der Waals surface area contributed by atoms with Crippen LogP contribution in [0.4, 0.5) is 0 Å². The standard InChI is InChI=1S/C14H21Cl2N/c1-4-10(5-2)9-13(17-3)14-11(15)7-6-8-12(14)16/h6-8,10,13,17H,4-5,9H2,1-3H3. The van der Waals surface area contributed by atoms with Gasteiger partial charge < -0.3 is 5.32 Å². The van der Waals surface area contributed by atoms with Crippen LogP contribution in [0.1, 0.15) is 44.7 Å². The third kappa shape index (κ3) is 3.87. The molecule has 0 radical (unpaired) electrons. The minimum Gasteiger partial charge on any atom is -0.313 e. The molecular formula is C14H21Cl2N. The first kappa shape index (κ1) is 14.8. The van der Waals surface area contributed by atoms with Crippen molar-refractivity contribution in [2.45, 2.75) is 39.2 Å². The van der Waals surface area contributed by atoms with Gasteiger partial charge in [-0.25, -0.2) is 0 Å². The molecule has 0 saturated heterocycles. The maximum Gasteiger partial charge on any atom is 0.0468 e. The highest BCUT2D eigenvalue weighted by Crippen LogP contribution is 2.34. The van der Waals surface area contributed by atoms with Crippen molar-refractivity contribution >= 4 is 23.2 Å². The molecule has 96 valence electrons. The third-order valence-electron chi connectivity index (χ3n) is 3.42. The molecule has 0 fully saturated rings. The van der Waals surface area contributed by atoms with Gasteiger partial charge in [0.25, 0.3) is 0 Å². The van der Waals surface area contributed by atoms with Crippen molar-refractivity contribution in [3.05, 3.63) is 33.8 Å². The molecule has 0 amide bonds. The average Bonchev–Trinajstić information content (AvgIpc) is 2.33. The summed E-state index contributed by atoms with van der Waals surface area (Å²) in [6, 6.07) is 5.93. The van der Waals surface area contributed by atoms with Gasteiger partial charge >= 0.3 is 0 Å². The average molecular weight is 274 g/mol. The van der Waals surface area contributed by atoms with Crippen LogP contribution in [0.25, 0.3) is 0 Å². The van der Waals surface area contributed by atoms with Gasteiger partial charge in [-0.1, -0.05) is 56.0 Å². The number of rotatable bonds is 6. The van der Waals surface area contributed by atoms with E-state index in [4.69, 9.17) is 23.2 Å². The van der Waals surface area contributed by atoms with Crippen molar-refractivity contribution in [2.24, 2.45) is 5.92 Å². The number of hydrogen-bond acceptors (Lipinski definition) is 1. The first-order chi connectivity index (χ1) is 8.13. The molecule has 1 aromatic carbocycles. The fraction of sp³-hybridized carbons (Fsp3) is 0.571. The van der Waals surface area contributed by atoms with Gasteiger partial charge in [0.2, 0.25) is 0 Å². The lowest BCUT2D eigenvalue weighted by molar-refractivity contribution is 0.385. The zero-order valence-corrected chi connectivity index (χ0v) is 12.3. The van der Waals surface area contributed by atoms with Crippen LogP contribution in [0.5, 0.6) is 0 Å². The van der Waals surface area contributed by atoms with E-state index < -0.39 is 0 Å². The Bertz CT molecular complexity index is 328. The minimum absolute atomic E-state index is 0.237. The molecule has 0 aromatic heterocycles. The predicted molar refractivity (Wildman–Crippen MR) is 77.0 cm³/mol. The molecule has 3 heteroatoms. The number of nitrogens with one attached hydrogen (secondary N) is 1. The van der Waals surface area contributed by atoms with Gasteiger partial charge in [0, 0.05) is 21.7 Å². The van der Waals surface area contributed by atoms with E-state index >= 15 is 0 Å². The van der Waals surface area contributed by atoms with Crippen molar-refractivity contribution in [1.82, 2.24) is 5.32 Å². The fourth-order valence-corrected chi connectivity index (χ4v) is 2.84. The summed E-state index contributed by atoms with van der Waals surface area (Å²) < 4.78 is 0. The highest BCUT2D eigenvalue weighted by Gasteiger charge is 2.19. The third-order valence-corrected chi connectivity index (χ3v) is 4.08. The largest absolute Gasteiger partial charge is 0.313 e. The van der Waals surface area contributed by atoms with Gasteiger partial charge in [0.05, 0.1) is 0 Å². The van der Waals surface area contributed by atoms with E-state index in [0.29, 0.717) is 5.92 Å². The van der Waals surface area contributed by atoms with E-state index in [1.165, 1.54) is 12.8 Å². The van der Waals surface area contributed by atoms with Crippen molar-refractivity contribution in [3.63, 3.8) is 0 Å². The predicted octanol–water partition coefficient (Wildman–Crippen LogP) is 5.08. The summed E-state index contributed by atoms with van der Waals surface area (Å²) in [6.07, 6.45) is 3.46. The van der Waals surface area contributed by atoms with Crippen LogP contribution in [0.15, 0.2) is 18.2 Å². The number of hydrogen-bond donors (Lipinski definition) is 1. The summed E-state index contributed by atoms with van der Waals surface area (Å²) in [5, 5.41) is 4.84. The van der Waals surface area contributed by atoms with Gasteiger partial charge in [-0.2, -0.15) is 0 Å². The van der Waals surface area contributed by atoms with Gasteiger partial charge in [-0.05, 0) is 31.5 Å². The van der Waals surface area contributed by atoms with Crippen LogP contribution < -0.4 is 5.32 Å². The molecule has 1 nitrogen and oxygen atoms in total. The molecule has 0 aliphatic carbocycles. The summed E-state index contributed by atoms with van der Waals surface area (Å²) >= 11 is 12.5. The molecular weight excluding hydrogens is 253 g/mol. The lowest BCUT2D eigenvalue weighted by Crippen LogP contribution is -2.20.